The van der Waals surface area contributed by atoms with Gasteiger partial charge in [-0.05, 0) is 18.4 Å². The molecule has 0 bridgehead atoms. The first kappa shape index (κ1) is 18.2. The molecule has 0 spiro atoms. The summed E-state index contributed by atoms with van der Waals surface area (Å²) in [4.78, 5) is 0. The molecule has 1 aromatic carbocycles. The molecule has 2 heteroatoms. The van der Waals surface area contributed by atoms with E-state index < -0.39 is 6.10 Å². The highest BCUT2D eigenvalue weighted by Gasteiger charge is 2.12. The maximum atomic E-state index is 10.3. The summed E-state index contributed by atoms with van der Waals surface area (Å²) in [5, 5.41) is 13.8. The Hall–Kier alpha value is -0.860. The summed E-state index contributed by atoms with van der Waals surface area (Å²) in [5.41, 5.74) is 1.01. The highest BCUT2D eigenvalue weighted by Crippen LogP contribution is 2.14. The zero-order valence-corrected chi connectivity index (χ0v) is 13.9. The average Bonchev–Trinajstić information content (AvgIpc) is 2.53. The van der Waals surface area contributed by atoms with Gasteiger partial charge in [0.05, 0.1) is 6.10 Å². The average molecular weight is 291 g/mol. The van der Waals surface area contributed by atoms with Crippen LogP contribution in [0.5, 0.6) is 0 Å². The van der Waals surface area contributed by atoms with Gasteiger partial charge in [0.2, 0.25) is 0 Å². The van der Waals surface area contributed by atoms with Gasteiger partial charge in [0.25, 0.3) is 0 Å². The fourth-order valence-corrected chi connectivity index (χ4v) is 2.70. The van der Waals surface area contributed by atoms with Gasteiger partial charge in [0, 0.05) is 12.6 Å². The van der Waals surface area contributed by atoms with E-state index in [1.54, 1.807) is 0 Å². The fourth-order valence-electron chi connectivity index (χ4n) is 2.70. The van der Waals surface area contributed by atoms with Crippen LogP contribution in [0.15, 0.2) is 30.3 Å². The van der Waals surface area contributed by atoms with Crippen LogP contribution in [-0.2, 0) is 0 Å². The van der Waals surface area contributed by atoms with Crippen LogP contribution in [0.4, 0.5) is 0 Å². The van der Waals surface area contributed by atoms with Crippen molar-refractivity contribution in [2.45, 2.75) is 77.4 Å². The van der Waals surface area contributed by atoms with Crippen molar-refractivity contribution in [1.82, 2.24) is 5.32 Å². The van der Waals surface area contributed by atoms with E-state index in [1.165, 1.54) is 51.4 Å². The van der Waals surface area contributed by atoms with E-state index in [4.69, 9.17) is 0 Å². The van der Waals surface area contributed by atoms with E-state index >= 15 is 0 Å². The van der Waals surface area contributed by atoms with E-state index in [0.29, 0.717) is 12.6 Å². The molecule has 0 heterocycles. The minimum absolute atomic E-state index is 0.397. The molecule has 0 saturated carbocycles. The number of unbranched alkanes of at least 4 members (excludes halogenated alkanes) is 4. The van der Waals surface area contributed by atoms with Gasteiger partial charge in [-0.2, -0.15) is 0 Å². The lowest BCUT2D eigenvalue weighted by Gasteiger charge is -2.21. The second-order valence-corrected chi connectivity index (χ2v) is 6.02. The van der Waals surface area contributed by atoms with Crippen molar-refractivity contribution in [2.24, 2.45) is 0 Å². The first-order valence-corrected chi connectivity index (χ1v) is 8.74. The molecular formula is C19H33NO. The molecule has 2 N–H and O–H groups in total. The second-order valence-electron chi connectivity index (χ2n) is 6.02. The summed E-state index contributed by atoms with van der Waals surface area (Å²) >= 11 is 0. The maximum Gasteiger partial charge on any atom is 0.0914 e. The minimum Gasteiger partial charge on any atom is -0.387 e. The summed E-state index contributed by atoms with van der Waals surface area (Å²) in [7, 11) is 0. The molecule has 1 rings (SSSR count). The Morgan fingerprint density at radius 1 is 0.905 bits per heavy atom. The third-order valence-electron chi connectivity index (χ3n) is 4.10. The van der Waals surface area contributed by atoms with Crippen LogP contribution in [0, 0.1) is 0 Å². The van der Waals surface area contributed by atoms with E-state index in [2.05, 4.69) is 19.2 Å². The zero-order valence-electron chi connectivity index (χ0n) is 13.9. The molecule has 0 fully saturated rings. The molecule has 0 aromatic heterocycles. The van der Waals surface area contributed by atoms with Gasteiger partial charge in [0.1, 0.15) is 0 Å². The predicted octanol–water partition coefficient (Wildman–Crippen LogP) is 4.84. The Bertz CT molecular complexity index is 329. The van der Waals surface area contributed by atoms with Crippen LogP contribution in [0.25, 0.3) is 0 Å². The van der Waals surface area contributed by atoms with Gasteiger partial charge in [-0.25, -0.2) is 0 Å². The molecule has 1 aromatic rings. The van der Waals surface area contributed by atoms with Gasteiger partial charge >= 0.3 is 0 Å². The Morgan fingerprint density at radius 2 is 1.48 bits per heavy atom. The van der Waals surface area contributed by atoms with Crippen molar-refractivity contribution in [1.29, 1.82) is 0 Å². The van der Waals surface area contributed by atoms with Crippen LogP contribution < -0.4 is 5.32 Å². The lowest BCUT2D eigenvalue weighted by Crippen LogP contribution is -2.32. The fraction of sp³-hybridized carbons (Fsp3) is 0.684. The van der Waals surface area contributed by atoms with Crippen molar-refractivity contribution in [3.05, 3.63) is 35.9 Å². The van der Waals surface area contributed by atoms with Gasteiger partial charge in [-0.3, -0.25) is 0 Å². The third-order valence-corrected chi connectivity index (χ3v) is 4.10. The summed E-state index contributed by atoms with van der Waals surface area (Å²) < 4.78 is 0. The van der Waals surface area contributed by atoms with Gasteiger partial charge in [-0.1, -0.05) is 82.7 Å². The molecule has 0 aliphatic rings. The molecule has 120 valence electrons. The van der Waals surface area contributed by atoms with E-state index in [1.807, 2.05) is 30.3 Å². The van der Waals surface area contributed by atoms with Crippen molar-refractivity contribution < 1.29 is 5.11 Å². The lowest BCUT2D eigenvalue weighted by atomic mass is 10.0. The highest BCUT2D eigenvalue weighted by molar-refractivity contribution is 5.17. The van der Waals surface area contributed by atoms with E-state index in [9.17, 15) is 5.11 Å². The number of nitrogens with one attached hydrogen (secondary N) is 1. The standard InChI is InChI=1S/C19H33NO/c1-3-5-8-14-18(15-9-6-4-2)20-16-19(21)17-12-10-7-11-13-17/h7,10-13,18-21H,3-6,8-9,14-16H2,1-2H3. The zero-order chi connectivity index (χ0) is 15.3. The molecule has 0 amide bonds. The van der Waals surface area contributed by atoms with Crippen LogP contribution in [0.1, 0.15) is 76.9 Å². The predicted molar refractivity (Wildman–Crippen MR) is 91.5 cm³/mol. The summed E-state index contributed by atoms with van der Waals surface area (Å²) in [6, 6.07) is 10.5. The second kappa shape index (κ2) is 11.8. The van der Waals surface area contributed by atoms with Crippen LogP contribution in [0.3, 0.4) is 0 Å². The van der Waals surface area contributed by atoms with Crippen LogP contribution >= 0.6 is 0 Å². The number of benzene rings is 1. The number of hydrogen-bond donors (Lipinski definition) is 2. The normalized spacial score (nSPS) is 12.8. The first-order valence-electron chi connectivity index (χ1n) is 8.74. The number of aliphatic hydroxyl groups is 1. The van der Waals surface area contributed by atoms with E-state index in [0.717, 1.165) is 5.56 Å². The third kappa shape index (κ3) is 8.23. The van der Waals surface area contributed by atoms with Gasteiger partial charge in [0.15, 0.2) is 0 Å². The van der Waals surface area contributed by atoms with Crippen molar-refractivity contribution in [2.75, 3.05) is 6.54 Å². The molecule has 1 atom stereocenters. The molecule has 21 heavy (non-hydrogen) atoms. The van der Waals surface area contributed by atoms with E-state index in [-0.39, 0.29) is 0 Å². The number of hydrogen-bond acceptors (Lipinski definition) is 2. The lowest BCUT2D eigenvalue weighted by molar-refractivity contribution is 0.167. The molecule has 1 unspecified atom stereocenters. The topological polar surface area (TPSA) is 32.3 Å². The largest absolute Gasteiger partial charge is 0.387 e. The smallest absolute Gasteiger partial charge is 0.0914 e. The molecule has 0 aliphatic carbocycles. The highest BCUT2D eigenvalue weighted by atomic mass is 16.3. The molecule has 2 nitrogen and oxygen atoms in total. The molecule has 0 aliphatic heterocycles. The summed E-state index contributed by atoms with van der Waals surface area (Å²) in [5.74, 6) is 0. The van der Waals surface area contributed by atoms with Gasteiger partial charge < -0.3 is 10.4 Å². The minimum atomic E-state index is -0.397. The SMILES string of the molecule is CCCCCC(CCCCC)NCC(O)c1ccccc1. The summed E-state index contributed by atoms with van der Waals surface area (Å²) in [6.07, 6.45) is 9.83. The van der Waals surface area contributed by atoms with Crippen molar-refractivity contribution >= 4 is 0 Å². The monoisotopic (exact) mass is 291 g/mol. The quantitative estimate of drug-likeness (QED) is 0.540. The van der Waals surface area contributed by atoms with Crippen LogP contribution in [0.2, 0.25) is 0 Å². The maximum absolute atomic E-state index is 10.3. The Balaban J connectivity index is 2.35. The first-order chi connectivity index (χ1) is 10.3. The van der Waals surface area contributed by atoms with Crippen LogP contribution in [-0.4, -0.2) is 17.7 Å². The molecular weight excluding hydrogens is 258 g/mol. The Kier molecular flexibility index (Phi) is 10.2. The molecule has 0 radical (unpaired) electrons. The van der Waals surface area contributed by atoms with Gasteiger partial charge in [-0.15, -0.1) is 0 Å². The van der Waals surface area contributed by atoms with Crippen molar-refractivity contribution in [3.63, 3.8) is 0 Å². The summed E-state index contributed by atoms with van der Waals surface area (Å²) in [6.45, 7) is 5.16. The Morgan fingerprint density at radius 3 is 2.00 bits per heavy atom. The van der Waals surface area contributed by atoms with Crippen molar-refractivity contribution in [3.8, 4) is 0 Å². The molecule has 0 saturated heterocycles. The number of rotatable bonds is 12. The Labute approximate surface area is 131 Å². The number of aliphatic hydroxyl groups excluding tert-OH is 1.